The Balaban J connectivity index is 2.64. The maximum absolute atomic E-state index is 11.2. The Bertz CT molecular complexity index is 362. The lowest BCUT2D eigenvalue weighted by atomic mass is 10.2. The SMILES string of the molecule is CSCC(=O)Nc1ccc(C(N)=O)cc1. The summed E-state index contributed by atoms with van der Waals surface area (Å²) >= 11 is 1.45. The van der Waals surface area contributed by atoms with E-state index in [0.29, 0.717) is 17.0 Å². The molecule has 0 atom stereocenters. The van der Waals surface area contributed by atoms with E-state index in [0.717, 1.165) is 0 Å². The number of nitrogens with one attached hydrogen (secondary N) is 1. The van der Waals surface area contributed by atoms with Crippen LogP contribution in [0.3, 0.4) is 0 Å². The Labute approximate surface area is 92.2 Å². The van der Waals surface area contributed by atoms with Crippen LogP contribution in [0.15, 0.2) is 24.3 Å². The smallest absolute Gasteiger partial charge is 0.248 e. The van der Waals surface area contributed by atoms with Crippen molar-refractivity contribution in [3.8, 4) is 0 Å². The summed E-state index contributed by atoms with van der Waals surface area (Å²) in [6.45, 7) is 0. The lowest BCUT2D eigenvalue weighted by Crippen LogP contribution is -2.14. The van der Waals surface area contributed by atoms with Crippen molar-refractivity contribution in [3.05, 3.63) is 29.8 Å². The molecule has 0 bridgehead atoms. The third kappa shape index (κ3) is 3.63. The maximum atomic E-state index is 11.2. The Morgan fingerprint density at radius 1 is 1.33 bits per heavy atom. The number of rotatable bonds is 4. The van der Waals surface area contributed by atoms with Crippen molar-refractivity contribution in [1.82, 2.24) is 0 Å². The highest BCUT2D eigenvalue weighted by Gasteiger charge is 2.02. The van der Waals surface area contributed by atoms with Gasteiger partial charge in [0, 0.05) is 11.3 Å². The minimum Gasteiger partial charge on any atom is -0.366 e. The zero-order valence-electron chi connectivity index (χ0n) is 8.32. The molecule has 5 heteroatoms. The Morgan fingerprint density at radius 2 is 1.93 bits per heavy atom. The van der Waals surface area contributed by atoms with Crippen LogP contribution in [-0.4, -0.2) is 23.8 Å². The fourth-order valence-corrected chi connectivity index (χ4v) is 1.38. The molecule has 0 saturated carbocycles. The second-order valence-electron chi connectivity index (χ2n) is 2.92. The highest BCUT2D eigenvalue weighted by Crippen LogP contribution is 2.09. The first-order chi connectivity index (χ1) is 7.13. The highest BCUT2D eigenvalue weighted by molar-refractivity contribution is 7.99. The average Bonchev–Trinajstić information content (AvgIpc) is 2.18. The number of benzene rings is 1. The van der Waals surface area contributed by atoms with Gasteiger partial charge in [0.2, 0.25) is 11.8 Å². The van der Waals surface area contributed by atoms with E-state index in [1.54, 1.807) is 24.3 Å². The molecule has 15 heavy (non-hydrogen) atoms. The summed E-state index contributed by atoms with van der Waals surface area (Å²) in [4.78, 5) is 22.0. The van der Waals surface area contributed by atoms with Crippen molar-refractivity contribution in [2.45, 2.75) is 0 Å². The van der Waals surface area contributed by atoms with Gasteiger partial charge in [-0.25, -0.2) is 0 Å². The van der Waals surface area contributed by atoms with Gasteiger partial charge >= 0.3 is 0 Å². The first kappa shape index (κ1) is 11.6. The molecule has 0 radical (unpaired) electrons. The molecule has 0 heterocycles. The van der Waals surface area contributed by atoms with Crippen LogP contribution >= 0.6 is 11.8 Å². The average molecular weight is 224 g/mol. The molecular formula is C10H12N2O2S. The molecule has 0 aliphatic heterocycles. The summed E-state index contributed by atoms with van der Waals surface area (Å²) in [5, 5.41) is 2.70. The van der Waals surface area contributed by atoms with Crippen LogP contribution in [-0.2, 0) is 4.79 Å². The van der Waals surface area contributed by atoms with Crippen LogP contribution in [0, 0.1) is 0 Å². The number of hydrogen-bond acceptors (Lipinski definition) is 3. The number of hydrogen-bond donors (Lipinski definition) is 2. The van der Waals surface area contributed by atoms with E-state index in [1.807, 2.05) is 6.26 Å². The standard InChI is InChI=1S/C10H12N2O2S/c1-15-6-9(13)12-8-4-2-7(3-5-8)10(11)14/h2-5H,6H2,1H3,(H2,11,14)(H,12,13). The zero-order chi connectivity index (χ0) is 11.3. The molecule has 2 amide bonds. The largest absolute Gasteiger partial charge is 0.366 e. The molecule has 0 fully saturated rings. The second kappa shape index (κ2) is 5.41. The lowest BCUT2D eigenvalue weighted by molar-refractivity contribution is -0.113. The van der Waals surface area contributed by atoms with Crippen molar-refractivity contribution >= 4 is 29.3 Å². The summed E-state index contributed by atoms with van der Waals surface area (Å²) in [6, 6.07) is 6.46. The van der Waals surface area contributed by atoms with E-state index in [9.17, 15) is 9.59 Å². The maximum Gasteiger partial charge on any atom is 0.248 e. The molecule has 3 N–H and O–H groups in total. The third-order valence-corrected chi connectivity index (χ3v) is 2.28. The third-order valence-electron chi connectivity index (χ3n) is 1.73. The second-order valence-corrected chi connectivity index (χ2v) is 3.79. The van der Waals surface area contributed by atoms with Crippen molar-refractivity contribution in [3.63, 3.8) is 0 Å². The predicted octanol–water partition coefficient (Wildman–Crippen LogP) is 1.09. The summed E-state index contributed by atoms with van der Waals surface area (Å²) in [5.41, 5.74) is 6.18. The fourth-order valence-electron chi connectivity index (χ4n) is 1.05. The molecule has 4 nitrogen and oxygen atoms in total. The molecule has 0 spiro atoms. The quantitative estimate of drug-likeness (QED) is 0.804. The normalized spacial score (nSPS) is 9.67. The van der Waals surface area contributed by atoms with Crippen LogP contribution in [0.25, 0.3) is 0 Å². The highest BCUT2D eigenvalue weighted by atomic mass is 32.2. The van der Waals surface area contributed by atoms with Gasteiger partial charge in [0.1, 0.15) is 0 Å². The monoisotopic (exact) mass is 224 g/mol. The molecule has 1 aromatic carbocycles. The van der Waals surface area contributed by atoms with E-state index >= 15 is 0 Å². The van der Waals surface area contributed by atoms with Crippen molar-refractivity contribution in [2.24, 2.45) is 5.73 Å². The molecule has 0 aliphatic carbocycles. The van der Waals surface area contributed by atoms with Gasteiger partial charge in [-0.15, -0.1) is 0 Å². The lowest BCUT2D eigenvalue weighted by Gasteiger charge is -2.04. The predicted molar refractivity (Wildman–Crippen MR) is 62.0 cm³/mol. The number of amides is 2. The van der Waals surface area contributed by atoms with Crippen molar-refractivity contribution in [1.29, 1.82) is 0 Å². The minimum atomic E-state index is -0.475. The van der Waals surface area contributed by atoms with Crippen LogP contribution in [0.4, 0.5) is 5.69 Å². The number of carbonyl (C=O) groups excluding carboxylic acids is 2. The van der Waals surface area contributed by atoms with E-state index in [-0.39, 0.29) is 5.91 Å². The van der Waals surface area contributed by atoms with E-state index in [4.69, 9.17) is 5.73 Å². The van der Waals surface area contributed by atoms with Crippen LogP contribution < -0.4 is 11.1 Å². The van der Waals surface area contributed by atoms with E-state index < -0.39 is 5.91 Å². The van der Waals surface area contributed by atoms with Gasteiger partial charge in [-0.3, -0.25) is 9.59 Å². The van der Waals surface area contributed by atoms with Gasteiger partial charge in [0.05, 0.1) is 5.75 Å². The first-order valence-corrected chi connectivity index (χ1v) is 5.71. The molecule has 0 aliphatic rings. The van der Waals surface area contributed by atoms with Gasteiger partial charge < -0.3 is 11.1 Å². The minimum absolute atomic E-state index is 0.0608. The van der Waals surface area contributed by atoms with Gasteiger partial charge in [-0.05, 0) is 30.5 Å². The number of nitrogens with two attached hydrogens (primary N) is 1. The van der Waals surface area contributed by atoms with Gasteiger partial charge in [-0.1, -0.05) is 0 Å². The van der Waals surface area contributed by atoms with Gasteiger partial charge in [0.15, 0.2) is 0 Å². The van der Waals surface area contributed by atoms with Crippen LogP contribution in [0.2, 0.25) is 0 Å². The number of anilines is 1. The first-order valence-electron chi connectivity index (χ1n) is 4.32. The van der Waals surface area contributed by atoms with Gasteiger partial charge in [0.25, 0.3) is 0 Å². The molecule has 1 rings (SSSR count). The summed E-state index contributed by atoms with van der Waals surface area (Å²) < 4.78 is 0. The zero-order valence-corrected chi connectivity index (χ0v) is 9.14. The molecular weight excluding hydrogens is 212 g/mol. The van der Waals surface area contributed by atoms with Crippen LogP contribution in [0.1, 0.15) is 10.4 Å². The molecule has 1 aromatic rings. The molecule has 80 valence electrons. The number of thioether (sulfide) groups is 1. The fraction of sp³-hybridized carbons (Fsp3) is 0.200. The topological polar surface area (TPSA) is 72.2 Å². The van der Waals surface area contributed by atoms with Crippen LogP contribution in [0.5, 0.6) is 0 Å². The summed E-state index contributed by atoms with van der Waals surface area (Å²) in [5.74, 6) is -0.122. The number of carbonyl (C=O) groups is 2. The van der Waals surface area contributed by atoms with E-state index in [2.05, 4.69) is 5.32 Å². The summed E-state index contributed by atoms with van der Waals surface area (Å²) in [7, 11) is 0. The van der Waals surface area contributed by atoms with Gasteiger partial charge in [-0.2, -0.15) is 11.8 Å². The van der Waals surface area contributed by atoms with Crippen molar-refractivity contribution < 1.29 is 9.59 Å². The molecule has 0 saturated heterocycles. The Kier molecular flexibility index (Phi) is 4.17. The van der Waals surface area contributed by atoms with Crippen molar-refractivity contribution in [2.75, 3.05) is 17.3 Å². The Morgan fingerprint density at radius 3 is 2.40 bits per heavy atom. The Hall–Kier alpha value is -1.49. The molecule has 0 aromatic heterocycles. The molecule has 0 unspecified atom stereocenters. The number of primary amides is 1. The summed E-state index contributed by atoms with van der Waals surface area (Å²) in [6.07, 6.45) is 1.86. The van der Waals surface area contributed by atoms with E-state index in [1.165, 1.54) is 11.8 Å².